The van der Waals surface area contributed by atoms with E-state index in [1.807, 2.05) is 0 Å². The predicted molar refractivity (Wildman–Crippen MR) is 52.6 cm³/mol. The quantitative estimate of drug-likeness (QED) is 0.509. The molecule has 0 aromatic carbocycles. The van der Waals surface area contributed by atoms with Crippen LogP contribution in [-0.4, -0.2) is 41.3 Å². The van der Waals surface area contributed by atoms with Crippen molar-refractivity contribution in [1.82, 2.24) is 9.57 Å². The number of rotatable bonds is 0. The van der Waals surface area contributed by atoms with E-state index in [9.17, 15) is 0 Å². The van der Waals surface area contributed by atoms with Crippen molar-refractivity contribution in [2.24, 2.45) is 0 Å². The minimum Gasteiger partial charge on any atom is -0.296 e. The normalized spacial score (nSPS) is 24.0. The molecule has 1 rings (SSSR count). The van der Waals surface area contributed by atoms with Gasteiger partial charge in [-0.3, -0.25) is 9.57 Å². The van der Waals surface area contributed by atoms with Gasteiger partial charge in [-0.05, 0) is 20.8 Å². The van der Waals surface area contributed by atoms with E-state index in [2.05, 4.69) is 39.7 Å². The van der Waals surface area contributed by atoms with Crippen LogP contribution in [-0.2, 0) is 0 Å². The van der Waals surface area contributed by atoms with E-state index in [1.165, 1.54) is 26.2 Å². The average Bonchev–Trinajstić information content (AvgIpc) is 1.86. The Bertz CT molecular complexity index is 123. The molecule has 1 atom stereocenters. The Morgan fingerprint density at radius 2 is 1.45 bits per heavy atom. The van der Waals surface area contributed by atoms with Crippen molar-refractivity contribution in [3.63, 3.8) is 0 Å². The maximum atomic E-state index is 2.77. The van der Waals surface area contributed by atoms with Crippen LogP contribution in [0.25, 0.3) is 0 Å². The van der Waals surface area contributed by atoms with E-state index in [4.69, 9.17) is 0 Å². The Morgan fingerprint density at radius 3 is 1.82 bits per heavy atom. The van der Waals surface area contributed by atoms with E-state index < -0.39 is 0 Å². The minimum atomic E-state index is 0.353. The molecule has 0 aromatic heterocycles. The van der Waals surface area contributed by atoms with Crippen LogP contribution < -0.4 is 0 Å². The SMILES string of the molecule is CC(C)(C)N1CCN(P)CC1. The van der Waals surface area contributed by atoms with Crippen LogP contribution in [0.5, 0.6) is 0 Å². The summed E-state index contributed by atoms with van der Waals surface area (Å²) >= 11 is 0. The van der Waals surface area contributed by atoms with Crippen molar-refractivity contribution in [3.05, 3.63) is 0 Å². The largest absolute Gasteiger partial charge is 0.296 e. The third kappa shape index (κ3) is 2.70. The highest BCUT2D eigenvalue weighted by molar-refractivity contribution is 7.13. The highest BCUT2D eigenvalue weighted by atomic mass is 31.0. The summed E-state index contributed by atoms with van der Waals surface area (Å²) in [7, 11) is 2.77. The molecule has 1 aliphatic rings. The van der Waals surface area contributed by atoms with Gasteiger partial charge in [-0.25, -0.2) is 0 Å². The molecule has 0 N–H and O–H groups in total. The van der Waals surface area contributed by atoms with Gasteiger partial charge in [0.05, 0.1) is 0 Å². The van der Waals surface area contributed by atoms with Crippen LogP contribution in [0.1, 0.15) is 20.8 Å². The molecule has 11 heavy (non-hydrogen) atoms. The van der Waals surface area contributed by atoms with Crippen molar-refractivity contribution in [2.75, 3.05) is 26.2 Å². The standard InChI is InChI=1S/C8H19N2P/c1-8(2,3)9-4-6-10(11)7-5-9/h4-7,11H2,1-3H3. The molecular weight excluding hydrogens is 155 g/mol. The molecule has 1 saturated heterocycles. The third-order valence-electron chi connectivity index (χ3n) is 2.26. The lowest BCUT2D eigenvalue weighted by molar-refractivity contribution is 0.0954. The first-order chi connectivity index (χ1) is 5.00. The Balaban J connectivity index is 2.39. The molecule has 0 radical (unpaired) electrons. The second kappa shape index (κ2) is 3.38. The molecule has 0 aliphatic carbocycles. The Kier molecular flexibility index (Phi) is 2.90. The third-order valence-corrected chi connectivity index (χ3v) is 2.78. The van der Waals surface area contributed by atoms with Crippen molar-refractivity contribution in [2.45, 2.75) is 26.3 Å². The Labute approximate surface area is 72.2 Å². The molecule has 0 saturated carbocycles. The zero-order chi connectivity index (χ0) is 8.48. The summed E-state index contributed by atoms with van der Waals surface area (Å²) in [4.78, 5) is 2.54. The topological polar surface area (TPSA) is 6.48 Å². The maximum absolute atomic E-state index is 2.77. The van der Waals surface area contributed by atoms with Crippen molar-refractivity contribution >= 4 is 9.39 Å². The molecule has 0 spiro atoms. The first-order valence-electron chi connectivity index (χ1n) is 4.25. The molecule has 2 nitrogen and oxygen atoms in total. The second-order valence-electron chi connectivity index (χ2n) is 4.19. The fourth-order valence-corrected chi connectivity index (χ4v) is 1.62. The Hall–Kier alpha value is 0.350. The van der Waals surface area contributed by atoms with Crippen LogP contribution in [0.2, 0.25) is 0 Å². The van der Waals surface area contributed by atoms with Crippen LogP contribution in [0.15, 0.2) is 0 Å². The molecule has 1 fully saturated rings. The van der Waals surface area contributed by atoms with Crippen LogP contribution in [0.4, 0.5) is 0 Å². The number of nitrogens with zero attached hydrogens (tertiary/aromatic N) is 2. The van der Waals surface area contributed by atoms with Gasteiger partial charge in [0.25, 0.3) is 0 Å². The van der Waals surface area contributed by atoms with E-state index in [0.29, 0.717) is 5.54 Å². The highest BCUT2D eigenvalue weighted by Crippen LogP contribution is 2.16. The minimum absolute atomic E-state index is 0.353. The highest BCUT2D eigenvalue weighted by Gasteiger charge is 2.23. The molecular formula is C8H19N2P. The van der Waals surface area contributed by atoms with Crippen molar-refractivity contribution in [3.8, 4) is 0 Å². The van der Waals surface area contributed by atoms with Crippen LogP contribution >= 0.6 is 9.39 Å². The van der Waals surface area contributed by atoms with Gasteiger partial charge in [-0.1, -0.05) is 9.39 Å². The second-order valence-corrected chi connectivity index (χ2v) is 4.92. The number of hydrogen-bond donors (Lipinski definition) is 0. The molecule has 66 valence electrons. The van der Waals surface area contributed by atoms with Crippen molar-refractivity contribution in [1.29, 1.82) is 0 Å². The lowest BCUT2D eigenvalue weighted by Crippen LogP contribution is -2.51. The summed E-state index contributed by atoms with van der Waals surface area (Å²) in [6.45, 7) is 11.6. The predicted octanol–water partition coefficient (Wildman–Crippen LogP) is 1.19. The van der Waals surface area contributed by atoms with Gasteiger partial charge in [0.15, 0.2) is 0 Å². The van der Waals surface area contributed by atoms with E-state index >= 15 is 0 Å². The van der Waals surface area contributed by atoms with Crippen LogP contribution in [0.3, 0.4) is 0 Å². The van der Waals surface area contributed by atoms with Gasteiger partial charge in [0.2, 0.25) is 0 Å². The summed E-state index contributed by atoms with van der Waals surface area (Å²) in [5, 5.41) is 0. The molecule has 1 heterocycles. The first kappa shape index (κ1) is 9.44. The van der Waals surface area contributed by atoms with Gasteiger partial charge >= 0.3 is 0 Å². The van der Waals surface area contributed by atoms with Gasteiger partial charge in [-0.15, -0.1) is 0 Å². The van der Waals surface area contributed by atoms with Gasteiger partial charge in [0, 0.05) is 31.7 Å². The van der Waals surface area contributed by atoms with E-state index in [-0.39, 0.29) is 0 Å². The van der Waals surface area contributed by atoms with E-state index in [0.717, 1.165) is 0 Å². The summed E-state index contributed by atoms with van der Waals surface area (Å²) in [6, 6.07) is 0. The van der Waals surface area contributed by atoms with Gasteiger partial charge in [0.1, 0.15) is 0 Å². The molecule has 3 heteroatoms. The zero-order valence-electron chi connectivity index (χ0n) is 7.80. The smallest absolute Gasteiger partial charge is 0.0145 e. The number of piperazine rings is 1. The molecule has 0 bridgehead atoms. The summed E-state index contributed by atoms with van der Waals surface area (Å²) in [6.07, 6.45) is 0. The lowest BCUT2D eigenvalue weighted by Gasteiger charge is -2.41. The fourth-order valence-electron chi connectivity index (χ4n) is 1.39. The number of hydrogen-bond acceptors (Lipinski definition) is 2. The summed E-state index contributed by atoms with van der Waals surface area (Å²) in [5.41, 5.74) is 0.353. The summed E-state index contributed by atoms with van der Waals surface area (Å²) in [5.74, 6) is 0. The van der Waals surface area contributed by atoms with Gasteiger partial charge in [-0.2, -0.15) is 0 Å². The lowest BCUT2D eigenvalue weighted by atomic mass is 10.1. The zero-order valence-corrected chi connectivity index (χ0v) is 8.95. The average molecular weight is 174 g/mol. The molecule has 1 aliphatic heterocycles. The van der Waals surface area contributed by atoms with E-state index in [1.54, 1.807) is 0 Å². The maximum Gasteiger partial charge on any atom is 0.0145 e. The fraction of sp³-hybridized carbons (Fsp3) is 1.00. The molecule has 1 unspecified atom stereocenters. The monoisotopic (exact) mass is 174 g/mol. The Morgan fingerprint density at radius 1 is 1.00 bits per heavy atom. The van der Waals surface area contributed by atoms with Crippen molar-refractivity contribution < 1.29 is 0 Å². The van der Waals surface area contributed by atoms with Crippen LogP contribution in [0, 0.1) is 0 Å². The molecule has 0 amide bonds. The molecule has 0 aromatic rings. The summed E-state index contributed by atoms with van der Waals surface area (Å²) < 4.78 is 2.31. The van der Waals surface area contributed by atoms with Gasteiger partial charge < -0.3 is 0 Å². The first-order valence-corrected chi connectivity index (χ1v) is 4.76.